The molecule has 0 unspecified atom stereocenters. The van der Waals surface area contributed by atoms with Crippen LogP contribution < -0.4 is 10.5 Å². The summed E-state index contributed by atoms with van der Waals surface area (Å²) in [5, 5.41) is 0. The standard InChI is InChI=1S/C8H6F5IN2O/c9-6(10)3-1-4(14)5(2-15)16-7(3)17-8(11,12)13/h1,6H,2,15H2. The summed E-state index contributed by atoms with van der Waals surface area (Å²) in [6.07, 6.45) is -8.19. The van der Waals surface area contributed by atoms with E-state index in [0.717, 1.165) is 6.07 Å². The molecule has 2 N–H and O–H groups in total. The van der Waals surface area contributed by atoms with Crippen LogP contribution in [0.4, 0.5) is 22.0 Å². The minimum absolute atomic E-state index is 0.0641. The summed E-state index contributed by atoms with van der Waals surface area (Å²) in [5.41, 5.74) is 4.37. The molecule has 0 radical (unpaired) electrons. The van der Waals surface area contributed by atoms with Crippen LogP contribution in [-0.2, 0) is 6.54 Å². The predicted molar refractivity (Wildman–Crippen MR) is 56.5 cm³/mol. The number of nitrogens with two attached hydrogens (primary N) is 1. The van der Waals surface area contributed by atoms with Gasteiger partial charge in [0.05, 0.1) is 11.3 Å². The lowest BCUT2D eigenvalue weighted by Crippen LogP contribution is -2.20. The first-order valence-electron chi connectivity index (χ1n) is 4.18. The monoisotopic (exact) mass is 368 g/mol. The average molecular weight is 368 g/mol. The summed E-state index contributed by atoms with van der Waals surface area (Å²) >= 11 is 1.66. The van der Waals surface area contributed by atoms with Gasteiger partial charge >= 0.3 is 6.36 Å². The second-order valence-electron chi connectivity index (χ2n) is 2.86. The average Bonchev–Trinajstić information content (AvgIpc) is 2.17. The molecule has 9 heteroatoms. The summed E-state index contributed by atoms with van der Waals surface area (Å²) in [6.45, 7) is -0.171. The van der Waals surface area contributed by atoms with Crippen molar-refractivity contribution in [3.05, 3.63) is 20.9 Å². The normalized spacial score (nSPS) is 12.0. The largest absolute Gasteiger partial charge is 0.574 e. The zero-order valence-electron chi connectivity index (χ0n) is 8.06. The molecule has 0 saturated heterocycles. The van der Waals surface area contributed by atoms with Crippen LogP contribution in [0, 0.1) is 3.57 Å². The van der Waals surface area contributed by atoms with E-state index in [0.29, 0.717) is 0 Å². The van der Waals surface area contributed by atoms with Crippen LogP contribution in [-0.4, -0.2) is 11.3 Å². The Labute approximate surface area is 106 Å². The van der Waals surface area contributed by atoms with Crippen molar-refractivity contribution in [1.82, 2.24) is 4.98 Å². The number of ether oxygens (including phenoxy) is 1. The predicted octanol–water partition coefficient (Wildman–Crippen LogP) is 2.98. The Hall–Kier alpha value is -0.710. The van der Waals surface area contributed by atoms with Crippen molar-refractivity contribution in [2.45, 2.75) is 19.3 Å². The lowest BCUT2D eigenvalue weighted by Gasteiger charge is -2.13. The van der Waals surface area contributed by atoms with E-state index in [4.69, 9.17) is 5.73 Å². The van der Waals surface area contributed by atoms with Crippen molar-refractivity contribution < 1.29 is 26.7 Å². The van der Waals surface area contributed by atoms with Crippen molar-refractivity contribution >= 4 is 22.6 Å². The van der Waals surface area contributed by atoms with Gasteiger partial charge in [0.1, 0.15) is 0 Å². The van der Waals surface area contributed by atoms with Gasteiger partial charge in [-0.2, -0.15) is 0 Å². The number of nitrogens with zero attached hydrogens (tertiary/aromatic N) is 1. The molecule has 0 aromatic carbocycles. The van der Waals surface area contributed by atoms with Crippen LogP contribution in [0.5, 0.6) is 5.88 Å². The van der Waals surface area contributed by atoms with Gasteiger partial charge in [0.2, 0.25) is 5.88 Å². The van der Waals surface area contributed by atoms with E-state index < -0.39 is 24.2 Å². The van der Waals surface area contributed by atoms with E-state index in [2.05, 4.69) is 9.72 Å². The number of hydrogen-bond donors (Lipinski definition) is 1. The topological polar surface area (TPSA) is 48.1 Å². The molecule has 1 heterocycles. The molecular formula is C8H6F5IN2O. The fraction of sp³-hybridized carbons (Fsp3) is 0.375. The highest BCUT2D eigenvalue weighted by Gasteiger charge is 2.34. The van der Waals surface area contributed by atoms with E-state index in [-0.39, 0.29) is 15.8 Å². The van der Waals surface area contributed by atoms with E-state index in [1.54, 1.807) is 22.6 Å². The molecule has 17 heavy (non-hydrogen) atoms. The minimum atomic E-state index is -5.07. The third-order valence-corrected chi connectivity index (χ3v) is 2.62. The van der Waals surface area contributed by atoms with E-state index in [9.17, 15) is 22.0 Å². The van der Waals surface area contributed by atoms with Crippen molar-refractivity contribution in [3.8, 4) is 5.88 Å². The minimum Gasteiger partial charge on any atom is -0.387 e. The van der Waals surface area contributed by atoms with Crippen LogP contribution in [0.3, 0.4) is 0 Å². The Kier molecular flexibility index (Phi) is 4.47. The zero-order valence-corrected chi connectivity index (χ0v) is 10.2. The number of pyridine rings is 1. The van der Waals surface area contributed by atoms with Gasteiger partial charge in [0.25, 0.3) is 6.43 Å². The van der Waals surface area contributed by atoms with Crippen LogP contribution in [0.2, 0.25) is 0 Å². The SMILES string of the molecule is NCc1nc(OC(F)(F)F)c(C(F)F)cc1I. The number of halogens is 6. The smallest absolute Gasteiger partial charge is 0.387 e. The Morgan fingerprint density at radius 3 is 2.41 bits per heavy atom. The highest BCUT2D eigenvalue weighted by atomic mass is 127. The number of rotatable bonds is 3. The number of aromatic nitrogens is 1. The maximum atomic E-state index is 12.5. The molecule has 0 amide bonds. The summed E-state index contributed by atoms with van der Waals surface area (Å²) in [7, 11) is 0. The molecule has 0 saturated carbocycles. The van der Waals surface area contributed by atoms with Gasteiger partial charge in [-0.25, -0.2) is 13.8 Å². The van der Waals surface area contributed by atoms with Crippen molar-refractivity contribution in [2.75, 3.05) is 0 Å². The van der Waals surface area contributed by atoms with Gasteiger partial charge in [0, 0.05) is 10.1 Å². The quantitative estimate of drug-likeness (QED) is 0.659. The molecule has 1 aromatic rings. The molecule has 0 aliphatic rings. The molecule has 0 atom stereocenters. The van der Waals surface area contributed by atoms with Crippen molar-refractivity contribution in [1.29, 1.82) is 0 Å². The lowest BCUT2D eigenvalue weighted by molar-refractivity contribution is -0.276. The molecule has 0 fully saturated rings. The van der Waals surface area contributed by atoms with E-state index in [1.807, 2.05) is 0 Å². The molecule has 1 aromatic heterocycles. The number of hydrogen-bond acceptors (Lipinski definition) is 3. The highest BCUT2D eigenvalue weighted by molar-refractivity contribution is 14.1. The molecule has 1 rings (SSSR count). The van der Waals surface area contributed by atoms with Gasteiger partial charge in [-0.1, -0.05) is 0 Å². The fourth-order valence-electron chi connectivity index (χ4n) is 1.01. The Morgan fingerprint density at radius 1 is 1.41 bits per heavy atom. The third-order valence-electron chi connectivity index (χ3n) is 1.68. The van der Waals surface area contributed by atoms with Gasteiger partial charge in [-0.3, -0.25) is 0 Å². The number of alkyl halides is 5. The first kappa shape index (κ1) is 14.4. The van der Waals surface area contributed by atoms with Crippen LogP contribution in [0.25, 0.3) is 0 Å². The van der Waals surface area contributed by atoms with E-state index >= 15 is 0 Å². The molecule has 0 spiro atoms. The van der Waals surface area contributed by atoms with Crippen LogP contribution in [0.15, 0.2) is 6.07 Å². The second-order valence-corrected chi connectivity index (χ2v) is 4.03. The van der Waals surface area contributed by atoms with Gasteiger partial charge in [-0.05, 0) is 28.7 Å². The Bertz CT molecular complexity index is 410. The van der Waals surface area contributed by atoms with Crippen molar-refractivity contribution in [3.63, 3.8) is 0 Å². The first-order chi connectivity index (χ1) is 7.74. The molecule has 0 aliphatic carbocycles. The van der Waals surface area contributed by atoms with Crippen molar-refractivity contribution in [2.24, 2.45) is 5.73 Å². The fourth-order valence-corrected chi connectivity index (χ4v) is 1.69. The maximum absolute atomic E-state index is 12.5. The maximum Gasteiger partial charge on any atom is 0.574 e. The second kappa shape index (κ2) is 5.29. The van der Waals surface area contributed by atoms with Gasteiger partial charge < -0.3 is 10.5 Å². The molecule has 0 aliphatic heterocycles. The Balaban J connectivity index is 3.24. The molecular weight excluding hydrogens is 362 g/mol. The molecule has 96 valence electrons. The third kappa shape index (κ3) is 3.91. The summed E-state index contributed by atoms with van der Waals surface area (Å²) in [6, 6.07) is 0.876. The van der Waals surface area contributed by atoms with Crippen LogP contribution >= 0.6 is 22.6 Å². The highest BCUT2D eigenvalue weighted by Crippen LogP contribution is 2.33. The van der Waals surface area contributed by atoms with Gasteiger partial charge in [0.15, 0.2) is 0 Å². The zero-order chi connectivity index (χ0) is 13.2. The lowest BCUT2D eigenvalue weighted by atomic mass is 10.2. The Morgan fingerprint density at radius 2 is 2.00 bits per heavy atom. The van der Waals surface area contributed by atoms with Gasteiger partial charge in [-0.15, -0.1) is 13.2 Å². The summed E-state index contributed by atoms with van der Waals surface area (Å²) in [5.74, 6) is -1.16. The first-order valence-corrected chi connectivity index (χ1v) is 5.25. The summed E-state index contributed by atoms with van der Waals surface area (Å²) < 4.78 is 64.6. The molecule has 3 nitrogen and oxygen atoms in total. The van der Waals surface area contributed by atoms with Crippen LogP contribution in [0.1, 0.15) is 17.7 Å². The van der Waals surface area contributed by atoms with E-state index in [1.165, 1.54) is 0 Å². The molecule has 0 bridgehead atoms. The summed E-state index contributed by atoms with van der Waals surface area (Å²) in [4.78, 5) is 3.34.